The lowest BCUT2D eigenvalue weighted by Crippen LogP contribution is -2.31. The van der Waals surface area contributed by atoms with Crippen molar-refractivity contribution in [1.82, 2.24) is 0 Å². The van der Waals surface area contributed by atoms with Gasteiger partial charge < -0.3 is 15.6 Å². The first-order valence-corrected chi connectivity index (χ1v) is 6.40. The topological polar surface area (TPSA) is 55.5 Å². The second-order valence-corrected chi connectivity index (χ2v) is 4.56. The van der Waals surface area contributed by atoms with E-state index in [1.807, 2.05) is 36.4 Å². The molecule has 2 rings (SSSR count). The minimum atomic E-state index is -0.335. The summed E-state index contributed by atoms with van der Waals surface area (Å²) in [6, 6.07) is 17.9. The molecule has 0 spiro atoms. The Morgan fingerprint density at radius 3 is 2.47 bits per heavy atom. The number of ether oxygens (including phenoxy) is 1. The molecule has 0 fully saturated rings. The van der Waals surface area contributed by atoms with E-state index in [9.17, 15) is 0 Å². The van der Waals surface area contributed by atoms with Crippen LogP contribution in [0.3, 0.4) is 0 Å². The van der Waals surface area contributed by atoms with Gasteiger partial charge in [0.05, 0.1) is 12.6 Å². The van der Waals surface area contributed by atoms with Gasteiger partial charge in [0, 0.05) is 0 Å². The van der Waals surface area contributed by atoms with Crippen molar-refractivity contribution in [1.29, 1.82) is 0 Å². The van der Waals surface area contributed by atoms with Crippen LogP contribution in [0, 0.1) is 0 Å². The molecule has 0 aliphatic rings. The summed E-state index contributed by atoms with van der Waals surface area (Å²) in [4.78, 5) is 0. The lowest BCUT2D eigenvalue weighted by molar-refractivity contribution is 0.206. The Morgan fingerprint density at radius 1 is 1.00 bits per heavy atom. The monoisotopic (exact) mass is 257 g/mol. The lowest BCUT2D eigenvalue weighted by atomic mass is 10.1. The van der Waals surface area contributed by atoms with Crippen LogP contribution in [-0.2, 0) is 6.42 Å². The summed E-state index contributed by atoms with van der Waals surface area (Å²) in [5, 5.41) is 8.86. The Labute approximate surface area is 113 Å². The Morgan fingerprint density at radius 2 is 1.74 bits per heavy atom. The maximum Gasteiger partial charge on any atom is 0.119 e. The zero-order valence-electron chi connectivity index (χ0n) is 10.8. The van der Waals surface area contributed by atoms with Gasteiger partial charge in [-0.1, -0.05) is 42.5 Å². The maximum atomic E-state index is 8.86. The third kappa shape index (κ3) is 4.39. The number of rotatable bonds is 6. The summed E-state index contributed by atoms with van der Waals surface area (Å²) in [6.45, 7) is 0.259. The van der Waals surface area contributed by atoms with Crippen LogP contribution in [0.2, 0.25) is 0 Å². The SMILES string of the molecule is NC(CO)COc1cccc(Cc2ccccc2)c1. The Bertz CT molecular complexity index is 499. The second-order valence-electron chi connectivity index (χ2n) is 4.56. The van der Waals surface area contributed by atoms with E-state index in [-0.39, 0.29) is 12.6 Å². The highest BCUT2D eigenvalue weighted by molar-refractivity contribution is 5.32. The fourth-order valence-electron chi connectivity index (χ4n) is 1.83. The molecular weight excluding hydrogens is 238 g/mol. The van der Waals surface area contributed by atoms with Crippen LogP contribution in [-0.4, -0.2) is 24.4 Å². The first kappa shape index (κ1) is 13.6. The van der Waals surface area contributed by atoms with Crippen molar-refractivity contribution in [3.8, 4) is 5.75 Å². The van der Waals surface area contributed by atoms with E-state index in [1.54, 1.807) is 0 Å². The molecule has 1 atom stereocenters. The first-order valence-electron chi connectivity index (χ1n) is 6.40. The Balaban J connectivity index is 1.99. The van der Waals surface area contributed by atoms with Crippen molar-refractivity contribution in [2.24, 2.45) is 5.73 Å². The van der Waals surface area contributed by atoms with E-state index in [2.05, 4.69) is 18.2 Å². The number of aliphatic hydroxyl groups excluding tert-OH is 1. The number of nitrogens with two attached hydrogens (primary N) is 1. The largest absolute Gasteiger partial charge is 0.492 e. The normalized spacial score (nSPS) is 12.1. The molecule has 3 nitrogen and oxygen atoms in total. The van der Waals surface area contributed by atoms with Crippen molar-refractivity contribution < 1.29 is 9.84 Å². The van der Waals surface area contributed by atoms with Crippen molar-refractivity contribution in [3.63, 3.8) is 0 Å². The van der Waals surface area contributed by atoms with Crippen LogP contribution in [0.5, 0.6) is 5.75 Å². The molecular formula is C16H19NO2. The molecule has 19 heavy (non-hydrogen) atoms. The van der Waals surface area contributed by atoms with Crippen LogP contribution in [0.4, 0.5) is 0 Å². The summed E-state index contributed by atoms with van der Waals surface area (Å²) in [5.74, 6) is 0.789. The predicted octanol–water partition coefficient (Wildman–Crippen LogP) is 1.98. The minimum absolute atomic E-state index is 0.0658. The fraction of sp³-hybridized carbons (Fsp3) is 0.250. The van der Waals surface area contributed by atoms with Gasteiger partial charge in [-0.05, 0) is 29.7 Å². The number of hydrogen-bond acceptors (Lipinski definition) is 3. The van der Waals surface area contributed by atoms with Gasteiger partial charge in [-0.15, -0.1) is 0 Å². The van der Waals surface area contributed by atoms with Crippen LogP contribution < -0.4 is 10.5 Å². The molecule has 0 aliphatic carbocycles. The van der Waals surface area contributed by atoms with Gasteiger partial charge in [0.1, 0.15) is 12.4 Å². The van der Waals surface area contributed by atoms with Gasteiger partial charge in [-0.3, -0.25) is 0 Å². The third-order valence-corrected chi connectivity index (χ3v) is 2.85. The van der Waals surface area contributed by atoms with Gasteiger partial charge in [0.25, 0.3) is 0 Å². The van der Waals surface area contributed by atoms with Gasteiger partial charge in [0.15, 0.2) is 0 Å². The molecule has 2 aromatic rings. The summed E-state index contributed by atoms with van der Waals surface area (Å²) >= 11 is 0. The van der Waals surface area contributed by atoms with Crippen molar-refractivity contribution in [3.05, 3.63) is 65.7 Å². The van der Waals surface area contributed by atoms with Crippen LogP contribution in [0.1, 0.15) is 11.1 Å². The number of hydrogen-bond donors (Lipinski definition) is 2. The van der Waals surface area contributed by atoms with E-state index < -0.39 is 0 Å². The van der Waals surface area contributed by atoms with Gasteiger partial charge in [-0.2, -0.15) is 0 Å². The van der Waals surface area contributed by atoms with Gasteiger partial charge in [0.2, 0.25) is 0 Å². The van der Waals surface area contributed by atoms with E-state index in [0.29, 0.717) is 6.61 Å². The first-order chi connectivity index (χ1) is 9.28. The smallest absolute Gasteiger partial charge is 0.119 e. The highest BCUT2D eigenvalue weighted by Crippen LogP contribution is 2.16. The molecule has 1 unspecified atom stereocenters. The molecule has 0 aliphatic heterocycles. The summed E-state index contributed by atoms with van der Waals surface area (Å²) < 4.78 is 5.55. The zero-order valence-corrected chi connectivity index (χ0v) is 10.8. The highest BCUT2D eigenvalue weighted by atomic mass is 16.5. The van der Waals surface area contributed by atoms with E-state index in [0.717, 1.165) is 12.2 Å². The van der Waals surface area contributed by atoms with Crippen molar-refractivity contribution in [2.75, 3.05) is 13.2 Å². The fourth-order valence-corrected chi connectivity index (χ4v) is 1.83. The summed E-state index contributed by atoms with van der Waals surface area (Å²) in [7, 11) is 0. The predicted molar refractivity (Wildman–Crippen MR) is 76.2 cm³/mol. The Hall–Kier alpha value is -1.84. The quantitative estimate of drug-likeness (QED) is 0.832. The van der Waals surface area contributed by atoms with Crippen LogP contribution in [0.25, 0.3) is 0 Å². The Kier molecular flexibility index (Phi) is 4.95. The molecule has 0 bridgehead atoms. The molecule has 3 heteroatoms. The third-order valence-electron chi connectivity index (χ3n) is 2.85. The molecule has 0 aromatic heterocycles. The molecule has 3 N–H and O–H groups in total. The number of benzene rings is 2. The maximum absolute atomic E-state index is 8.86. The van der Waals surface area contributed by atoms with Crippen molar-refractivity contribution in [2.45, 2.75) is 12.5 Å². The molecule has 0 radical (unpaired) electrons. The molecule has 0 saturated carbocycles. The van der Waals surface area contributed by atoms with Crippen LogP contribution in [0.15, 0.2) is 54.6 Å². The summed E-state index contributed by atoms with van der Waals surface area (Å²) in [5.41, 5.74) is 8.07. The molecule has 100 valence electrons. The standard InChI is InChI=1S/C16H19NO2/c17-15(11-18)12-19-16-8-4-7-14(10-16)9-13-5-2-1-3-6-13/h1-8,10,15,18H,9,11-12,17H2. The molecule has 0 amide bonds. The van der Waals surface area contributed by atoms with Crippen molar-refractivity contribution >= 4 is 0 Å². The molecule has 0 saturated heterocycles. The van der Waals surface area contributed by atoms with E-state index in [4.69, 9.17) is 15.6 Å². The van der Waals surface area contributed by atoms with Gasteiger partial charge in [-0.25, -0.2) is 0 Å². The highest BCUT2D eigenvalue weighted by Gasteiger charge is 2.03. The van der Waals surface area contributed by atoms with Gasteiger partial charge >= 0.3 is 0 Å². The zero-order chi connectivity index (χ0) is 13.5. The molecule has 0 heterocycles. The average molecular weight is 257 g/mol. The lowest BCUT2D eigenvalue weighted by Gasteiger charge is -2.11. The summed E-state index contributed by atoms with van der Waals surface area (Å²) in [6.07, 6.45) is 0.879. The average Bonchev–Trinajstić information content (AvgIpc) is 2.46. The van der Waals surface area contributed by atoms with E-state index in [1.165, 1.54) is 11.1 Å². The second kappa shape index (κ2) is 6.92. The molecule has 2 aromatic carbocycles. The minimum Gasteiger partial charge on any atom is -0.492 e. The van der Waals surface area contributed by atoms with Crippen LogP contribution >= 0.6 is 0 Å². The van der Waals surface area contributed by atoms with E-state index >= 15 is 0 Å². The number of aliphatic hydroxyl groups is 1.